The maximum Gasteiger partial charge on any atom is 0.234 e. The van der Waals surface area contributed by atoms with E-state index in [1.165, 1.54) is 4.90 Å². The molecule has 2 heterocycles. The van der Waals surface area contributed by atoms with Crippen LogP contribution in [0.15, 0.2) is 34.9 Å². The van der Waals surface area contributed by atoms with Crippen molar-refractivity contribution in [2.24, 2.45) is 0 Å². The average molecular weight is 403 g/mol. The van der Waals surface area contributed by atoms with Crippen molar-refractivity contribution in [2.45, 2.75) is 83.8 Å². The van der Waals surface area contributed by atoms with E-state index in [0.29, 0.717) is 25.0 Å². The van der Waals surface area contributed by atoms with Gasteiger partial charge in [0.2, 0.25) is 5.91 Å². The summed E-state index contributed by atoms with van der Waals surface area (Å²) < 4.78 is 5.49. The Kier molecular flexibility index (Phi) is 7.58. The highest BCUT2D eigenvalue weighted by molar-refractivity contribution is 5.92. The van der Waals surface area contributed by atoms with E-state index in [9.17, 15) is 14.7 Å². The van der Waals surface area contributed by atoms with E-state index in [1.54, 1.807) is 6.08 Å². The molecule has 0 saturated carbocycles. The number of hydrogen-bond donors (Lipinski definition) is 1. The molecule has 6 nitrogen and oxygen atoms in total. The van der Waals surface area contributed by atoms with Gasteiger partial charge in [-0.3, -0.25) is 9.59 Å². The minimum atomic E-state index is -0.689. The zero-order valence-corrected chi connectivity index (χ0v) is 18.3. The van der Waals surface area contributed by atoms with Crippen LogP contribution in [0.2, 0.25) is 0 Å². The van der Waals surface area contributed by atoms with Gasteiger partial charge in [0.05, 0.1) is 23.8 Å². The molecule has 1 fully saturated rings. The molecule has 160 valence electrons. The first-order chi connectivity index (χ1) is 13.6. The SMILES string of the molecule is C=C/C(=C\C)CCC(=O)C1CC(O)CN1C(=O)C(CC)c1cc(C(C)(C)C)no1. The molecule has 0 aromatic carbocycles. The van der Waals surface area contributed by atoms with E-state index in [0.717, 1.165) is 11.3 Å². The van der Waals surface area contributed by atoms with Gasteiger partial charge in [0.25, 0.3) is 0 Å². The van der Waals surface area contributed by atoms with Crippen molar-refractivity contribution in [3.05, 3.63) is 41.8 Å². The number of rotatable bonds is 8. The highest BCUT2D eigenvalue weighted by Crippen LogP contribution is 2.31. The van der Waals surface area contributed by atoms with Crippen LogP contribution in [0, 0.1) is 0 Å². The fraction of sp³-hybridized carbons (Fsp3) is 0.609. The third kappa shape index (κ3) is 5.44. The Morgan fingerprint density at radius 3 is 2.62 bits per heavy atom. The zero-order chi connectivity index (χ0) is 21.8. The summed E-state index contributed by atoms with van der Waals surface area (Å²) in [6.07, 6.45) is 4.70. The minimum absolute atomic E-state index is 0.0288. The topological polar surface area (TPSA) is 83.6 Å². The monoisotopic (exact) mass is 402 g/mol. The second-order valence-corrected chi connectivity index (χ2v) is 8.76. The number of carbonyl (C=O) groups is 2. The number of Topliss-reactive ketones (excluding diaryl/α,β-unsaturated/α-hetero) is 1. The van der Waals surface area contributed by atoms with Gasteiger partial charge in [0.15, 0.2) is 5.78 Å². The number of β-amino-alcohol motifs (C(OH)–C–C–N with tert-alkyl or cyclic N) is 1. The van der Waals surface area contributed by atoms with Crippen molar-refractivity contribution in [1.82, 2.24) is 10.1 Å². The quantitative estimate of drug-likeness (QED) is 0.667. The molecule has 1 aromatic rings. The summed E-state index contributed by atoms with van der Waals surface area (Å²) in [5.41, 5.74) is 1.61. The standard InChI is InChI=1S/C23H34N2O4/c1-7-15(8-2)10-11-19(27)18-12-16(26)14-25(18)22(28)17(9-3)20-13-21(24-29-20)23(4,5)6/h7-8,13,16-18,26H,1,9-12,14H2,2-6H3/b15-8+. The van der Waals surface area contributed by atoms with E-state index in [-0.39, 0.29) is 30.1 Å². The smallest absolute Gasteiger partial charge is 0.234 e. The number of allylic oxidation sites excluding steroid dienone is 3. The van der Waals surface area contributed by atoms with Crippen LogP contribution >= 0.6 is 0 Å². The zero-order valence-electron chi connectivity index (χ0n) is 18.3. The van der Waals surface area contributed by atoms with Crippen LogP contribution in [-0.2, 0) is 15.0 Å². The lowest BCUT2D eigenvalue weighted by Crippen LogP contribution is -2.43. The summed E-state index contributed by atoms with van der Waals surface area (Å²) in [7, 11) is 0. The van der Waals surface area contributed by atoms with Crippen LogP contribution in [0.1, 0.15) is 77.7 Å². The maximum absolute atomic E-state index is 13.3. The Hall–Kier alpha value is -2.21. The molecule has 0 bridgehead atoms. The second kappa shape index (κ2) is 9.53. The van der Waals surface area contributed by atoms with E-state index in [2.05, 4.69) is 11.7 Å². The number of ketones is 1. The molecule has 1 aliphatic heterocycles. The lowest BCUT2D eigenvalue weighted by molar-refractivity contribution is -0.139. The molecule has 29 heavy (non-hydrogen) atoms. The number of aliphatic hydroxyl groups is 1. The molecular formula is C23H34N2O4. The second-order valence-electron chi connectivity index (χ2n) is 8.76. The van der Waals surface area contributed by atoms with Gasteiger partial charge in [-0.15, -0.1) is 0 Å². The predicted molar refractivity (Wildman–Crippen MR) is 113 cm³/mol. The molecule has 0 spiro atoms. The van der Waals surface area contributed by atoms with Crippen LogP contribution in [0.5, 0.6) is 0 Å². The Labute approximate surface area is 173 Å². The van der Waals surface area contributed by atoms with Gasteiger partial charge in [-0.2, -0.15) is 0 Å². The van der Waals surface area contributed by atoms with Crippen LogP contribution in [-0.4, -0.2) is 45.5 Å². The normalized spacial score (nSPS) is 21.3. The lowest BCUT2D eigenvalue weighted by Gasteiger charge is -2.26. The molecule has 1 aliphatic rings. The van der Waals surface area contributed by atoms with Crippen LogP contribution in [0.25, 0.3) is 0 Å². The maximum atomic E-state index is 13.3. The van der Waals surface area contributed by atoms with Gasteiger partial charge in [0, 0.05) is 30.9 Å². The van der Waals surface area contributed by atoms with E-state index < -0.39 is 18.1 Å². The van der Waals surface area contributed by atoms with Gasteiger partial charge >= 0.3 is 0 Å². The van der Waals surface area contributed by atoms with Crippen LogP contribution in [0.3, 0.4) is 0 Å². The fourth-order valence-electron chi connectivity index (χ4n) is 3.67. The molecule has 1 N–H and O–H groups in total. The fourth-order valence-corrected chi connectivity index (χ4v) is 3.67. The largest absolute Gasteiger partial charge is 0.391 e. The average Bonchev–Trinajstić information content (AvgIpc) is 3.30. The van der Waals surface area contributed by atoms with Gasteiger partial charge < -0.3 is 14.5 Å². The van der Waals surface area contributed by atoms with Crippen LogP contribution in [0.4, 0.5) is 0 Å². The molecule has 2 rings (SSSR count). The van der Waals surface area contributed by atoms with Crippen molar-refractivity contribution >= 4 is 11.7 Å². The van der Waals surface area contributed by atoms with E-state index >= 15 is 0 Å². The van der Waals surface area contributed by atoms with Crippen LogP contribution < -0.4 is 0 Å². The predicted octanol–water partition coefficient (Wildman–Crippen LogP) is 3.91. The van der Waals surface area contributed by atoms with Gasteiger partial charge in [-0.25, -0.2) is 0 Å². The summed E-state index contributed by atoms with van der Waals surface area (Å²) in [4.78, 5) is 27.6. The van der Waals surface area contributed by atoms with Crippen molar-refractivity contribution in [3.63, 3.8) is 0 Å². The molecular weight excluding hydrogens is 368 g/mol. The van der Waals surface area contributed by atoms with Gasteiger partial charge in [-0.1, -0.05) is 57.2 Å². The molecule has 3 unspecified atom stereocenters. The first kappa shape index (κ1) is 23.1. The number of carbonyl (C=O) groups excluding carboxylic acids is 2. The Morgan fingerprint density at radius 2 is 2.10 bits per heavy atom. The van der Waals surface area contributed by atoms with E-state index in [1.807, 2.05) is 46.8 Å². The highest BCUT2D eigenvalue weighted by atomic mass is 16.5. The highest BCUT2D eigenvalue weighted by Gasteiger charge is 2.41. The number of aliphatic hydroxyl groups excluding tert-OH is 1. The third-order valence-corrected chi connectivity index (χ3v) is 5.57. The number of hydrogen-bond acceptors (Lipinski definition) is 5. The molecule has 3 atom stereocenters. The third-order valence-electron chi connectivity index (χ3n) is 5.57. The number of nitrogens with zero attached hydrogens (tertiary/aromatic N) is 2. The number of aromatic nitrogens is 1. The summed E-state index contributed by atoms with van der Waals surface area (Å²) in [5, 5.41) is 14.3. The molecule has 0 radical (unpaired) electrons. The summed E-state index contributed by atoms with van der Waals surface area (Å²) in [5.74, 6) is -0.218. The Morgan fingerprint density at radius 1 is 1.41 bits per heavy atom. The lowest BCUT2D eigenvalue weighted by atomic mass is 9.91. The summed E-state index contributed by atoms with van der Waals surface area (Å²) in [6, 6.07) is 1.23. The summed E-state index contributed by atoms with van der Waals surface area (Å²) in [6.45, 7) is 13.8. The molecule has 1 aromatic heterocycles. The van der Waals surface area contributed by atoms with E-state index in [4.69, 9.17) is 4.52 Å². The number of amides is 1. The number of likely N-dealkylation sites (tertiary alicyclic amines) is 1. The van der Waals surface area contributed by atoms with Crippen molar-refractivity contribution in [3.8, 4) is 0 Å². The Balaban J connectivity index is 2.18. The molecule has 1 saturated heterocycles. The summed E-state index contributed by atoms with van der Waals surface area (Å²) >= 11 is 0. The van der Waals surface area contributed by atoms with Crippen molar-refractivity contribution in [1.29, 1.82) is 0 Å². The van der Waals surface area contributed by atoms with Crippen molar-refractivity contribution in [2.75, 3.05) is 6.54 Å². The molecule has 6 heteroatoms. The molecule has 1 amide bonds. The minimum Gasteiger partial charge on any atom is -0.391 e. The molecule has 0 aliphatic carbocycles. The van der Waals surface area contributed by atoms with Gasteiger partial charge in [0.1, 0.15) is 5.76 Å². The first-order valence-corrected chi connectivity index (χ1v) is 10.4. The van der Waals surface area contributed by atoms with Crippen molar-refractivity contribution < 1.29 is 19.2 Å². The first-order valence-electron chi connectivity index (χ1n) is 10.4. The van der Waals surface area contributed by atoms with Gasteiger partial charge in [-0.05, 0) is 19.8 Å². The Bertz CT molecular complexity index is 772.